The molecule has 0 rings (SSSR count). The Balaban J connectivity index is 4.55. The van der Waals surface area contributed by atoms with E-state index in [9.17, 15) is 0 Å². The van der Waals surface area contributed by atoms with E-state index in [0.717, 1.165) is 31.4 Å². The Bertz CT molecular complexity index is 369. The summed E-state index contributed by atoms with van der Waals surface area (Å²) in [7, 11) is 0. The second-order valence-electron chi connectivity index (χ2n) is 3.86. The lowest BCUT2D eigenvalue weighted by Gasteiger charge is -2.07. The predicted molar refractivity (Wildman–Crippen MR) is 75.6 cm³/mol. The molecule has 3 heteroatoms. The SMILES string of the molecule is C=C=C(CC)CCC/C(N=CC)=C(\N)C(C)=N. The maximum Gasteiger partial charge on any atom is 0.0741 e. The highest BCUT2D eigenvalue weighted by Crippen LogP contribution is 2.16. The Morgan fingerprint density at radius 3 is 2.53 bits per heavy atom. The molecule has 0 bridgehead atoms. The summed E-state index contributed by atoms with van der Waals surface area (Å²) in [5.74, 6) is 0. The summed E-state index contributed by atoms with van der Waals surface area (Å²) in [6.07, 6.45) is 5.42. The Kier molecular flexibility index (Phi) is 7.74. The maximum atomic E-state index is 7.52. The Morgan fingerprint density at radius 1 is 1.47 bits per heavy atom. The third-order valence-electron chi connectivity index (χ3n) is 2.57. The molecule has 0 aliphatic rings. The first-order chi connectivity index (χ1) is 8.06. The van der Waals surface area contributed by atoms with Crippen molar-refractivity contribution in [1.82, 2.24) is 0 Å². The molecule has 3 nitrogen and oxygen atoms in total. The summed E-state index contributed by atoms with van der Waals surface area (Å²) in [6.45, 7) is 9.31. The normalized spacial score (nSPS) is 12.2. The van der Waals surface area contributed by atoms with Crippen LogP contribution in [0.2, 0.25) is 0 Å². The first-order valence-corrected chi connectivity index (χ1v) is 5.97. The lowest BCUT2D eigenvalue weighted by atomic mass is 10.0. The first kappa shape index (κ1) is 15.4. The van der Waals surface area contributed by atoms with Gasteiger partial charge in [-0.2, -0.15) is 0 Å². The minimum Gasteiger partial charge on any atom is -0.396 e. The van der Waals surface area contributed by atoms with Crippen molar-refractivity contribution < 1.29 is 0 Å². The van der Waals surface area contributed by atoms with E-state index in [0.29, 0.717) is 11.4 Å². The van der Waals surface area contributed by atoms with E-state index in [2.05, 4.69) is 24.2 Å². The molecular weight excluding hydrogens is 210 g/mol. The molecule has 0 atom stereocenters. The van der Waals surface area contributed by atoms with E-state index in [1.807, 2.05) is 6.92 Å². The van der Waals surface area contributed by atoms with Crippen molar-refractivity contribution in [3.63, 3.8) is 0 Å². The van der Waals surface area contributed by atoms with Crippen molar-refractivity contribution in [3.05, 3.63) is 29.3 Å². The monoisotopic (exact) mass is 233 g/mol. The van der Waals surface area contributed by atoms with Crippen LogP contribution in [0.5, 0.6) is 0 Å². The summed E-state index contributed by atoms with van der Waals surface area (Å²) < 4.78 is 0. The van der Waals surface area contributed by atoms with Gasteiger partial charge in [0.25, 0.3) is 0 Å². The third kappa shape index (κ3) is 5.88. The number of hydrogen-bond acceptors (Lipinski definition) is 3. The van der Waals surface area contributed by atoms with E-state index in [1.54, 1.807) is 13.1 Å². The van der Waals surface area contributed by atoms with Crippen molar-refractivity contribution in [2.24, 2.45) is 10.7 Å². The number of nitrogens with one attached hydrogen (secondary N) is 1. The predicted octanol–water partition coefficient (Wildman–Crippen LogP) is 3.58. The molecule has 0 aromatic carbocycles. The molecule has 0 fully saturated rings. The van der Waals surface area contributed by atoms with Gasteiger partial charge >= 0.3 is 0 Å². The molecule has 0 spiro atoms. The van der Waals surface area contributed by atoms with E-state index < -0.39 is 0 Å². The zero-order valence-corrected chi connectivity index (χ0v) is 11.1. The van der Waals surface area contributed by atoms with Crippen LogP contribution < -0.4 is 5.73 Å². The number of allylic oxidation sites excluding steroid dienone is 3. The highest BCUT2D eigenvalue weighted by Gasteiger charge is 2.04. The number of aliphatic imine (C=N–C) groups is 1. The van der Waals surface area contributed by atoms with Crippen molar-refractivity contribution in [1.29, 1.82) is 5.41 Å². The fourth-order valence-electron chi connectivity index (χ4n) is 1.50. The van der Waals surface area contributed by atoms with Crippen molar-refractivity contribution in [2.45, 2.75) is 46.5 Å². The van der Waals surface area contributed by atoms with Crippen LogP contribution in [0.3, 0.4) is 0 Å². The molecule has 94 valence electrons. The minimum absolute atomic E-state index is 0.376. The first-order valence-electron chi connectivity index (χ1n) is 5.97. The molecule has 0 saturated heterocycles. The molecule has 0 radical (unpaired) electrons. The van der Waals surface area contributed by atoms with Gasteiger partial charge in [0.2, 0.25) is 0 Å². The van der Waals surface area contributed by atoms with Crippen LogP contribution in [-0.4, -0.2) is 11.9 Å². The highest BCUT2D eigenvalue weighted by atomic mass is 14.8. The highest BCUT2D eigenvalue weighted by molar-refractivity contribution is 5.95. The topological polar surface area (TPSA) is 62.2 Å². The number of rotatable bonds is 7. The minimum atomic E-state index is 0.376. The van der Waals surface area contributed by atoms with Crippen LogP contribution in [0.4, 0.5) is 0 Å². The van der Waals surface area contributed by atoms with E-state index in [1.165, 1.54) is 5.57 Å². The largest absolute Gasteiger partial charge is 0.396 e. The average molecular weight is 233 g/mol. The molecule has 17 heavy (non-hydrogen) atoms. The summed E-state index contributed by atoms with van der Waals surface area (Å²) in [6, 6.07) is 0. The molecule has 0 heterocycles. The Hall–Kier alpha value is -1.60. The lowest BCUT2D eigenvalue weighted by molar-refractivity contribution is 0.773. The van der Waals surface area contributed by atoms with Crippen molar-refractivity contribution in [3.8, 4) is 0 Å². The van der Waals surface area contributed by atoms with Crippen LogP contribution in [0, 0.1) is 5.41 Å². The average Bonchev–Trinajstić information content (AvgIpc) is 2.32. The summed E-state index contributed by atoms with van der Waals surface area (Å²) >= 11 is 0. The molecule has 0 aromatic rings. The molecular formula is C14H23N3. The van der Waals surface area contributed by atoms with Crippen molar-refractivity contribution >= 4 is 11.9 Å². The van der Waals surface area contributed by atoms with Gasteiger partial charge in [-0.3, -0.25) is 4.99 Å². The summed E-state index contributed by atoms with van der Waals surface area (Å²) in [5.41, 5.74) is 11.7. The van der Waals surface area contributed by atoms with Gasteiger partial charge in [0.05, 0.1) is 17.1 Å². The van der Waals surface area contributed by atoms with Crippen LogP contribution in [0.1, 0.15) is 46.5 Å². The number of nitrogens with zero attached hydrogens (tertiary/aromatic N) is 1. The molecule has 0 aliphatic heterocycles. The number of nitrogens with two attached hydrogens (primary N) is 1. The standard InChI is InChI=1S/C14H23N3/c1-5-12(6-2)9-8-10-13(17-7-3)14(16)11(4)15/h7,15H,1,6,8-10,16H2,2-4H3/b14-13+,15-11?,17-7?. The fourth-order valence-corrected chi connectivity index (χ4v) is 1.50. The van der Waals surface area contributed by atoms with Crippen LogP contribution >= 0.6 is 0 Å². The van der Waals surface area contributed by atoms with Gasteiger partial charge in [-0.1, -0.05) is 13.5 Å². The smallest absolute Gasteiger partial charge is 0.0741 e. The van der Waals surface area contributed by atoms with Gasteiger partial charge in [0.1, 0.15) is 0 Å². The molecule has 3 N–H and O–H groups in total. The zero-order valence-electron chi connectivity index (χ0n) is 11.1. The Morgan fingerprint density at radius 2 is 2.12 bits per heavy atom. The van der Waals surface area contributed by atoms with Gasteiger partial charge in [-0.25, -0.2) is 0 Å². The van der Waals surface area contributed by atoms with Crippen molar-refractivity contribution in [2.75, 3.05) is 0 Å². The molecule has 0 aromatic heterocycles. The maximum absolute atomic E-state index is 7.52. The van der Waals surface area contributed by atoms with Gasteiger partial charge in [0, 0.05) is 6.21 Å². The molecule has 0 unspecified atom stereocenters. The lowest BCUT2D eigenvalue weighted by Crippen LogP contribution is -2.10. The summed E-state index contributed by atoms with van der Waals surface area (Å²) in [5, 5.41) is 7.52. The van der Waals surface area contributed by atoms with Gasteiger partial charge in [-0.05, 0) is 45.1 Å². The third-order valence-corrected chi connectivity index (χ3v) is 2.57. The molecule has 0 aliphatic carbocycles. The van der Waals surface area contributed by atoms with Gasteiger partial charge < -0.3 is 11.1 Å². The molecule has 0 saturated carbocycles. The quantitative estimate of drug-likeness (QED) is 0.512. The van der Waals surface area contributed by atoms with Gasteiger partial charge in [-0.15, -0.1) is 5.73 Å². The van der Waals surface area contributed by atoms with Gasteiger partial charge in [0.15, 0.2) is 0 Å². The van der Waals surface area contributed by atoms with E-state index >= 15 is 0 Å². The second-order valence-corrected chi connectivity index (χ2v) is 3.86. The number of hydrogen-bond donors (Lipinski definition) is 2. The zero-order chi connectivity index (χ0) is 13.3. The Labute approximate surface area is 104 Å². The fraction of sp³-hybridized carbons (Fsp3) is 0.500. The van der Waals surface area contributed by atoms with E-state index in [4.69, 9.17) is 11.1 Å². The second kappa shape index (κ2) is 8.54. The molecule has 0 amide bonds. The van der Waals surface area contributed by atoms with Crippen LogP contribution in [-0.2, 0) is 0 Å². The summed E-state index contributed by atoms with van der Waals surface area (Å²) in [4.78, 5) is 4.24. The van der Waals surface area contributed by atoms with E-state index in [-0.39, 0.29) is 0 Å². The van der Waals surface area contributed by atoms with Crippen LogP contribution in [0.15, 0.2) is 34.3 Å². The van der Waals surface area contributed by atoms with Crippen LogP contribution in [0.25, 0.3) is 0 Å².